The molecule has 1 amide bonds. The van der Waals surface area contributed by atoms with Crippen molar-refractivity contribution in [2.45, 2.75) is 44.9 Å². The van der Waals surface area contributed by atoms with Crippen LogP contribution in [0.25, 0.3) is 10.2 Å². The van der Waals surface area contributed by atoms with Crippen molar-refractivity contribution >= 4 is 39.2 Å². The molecule has 0 bridgehead atoms. The maximum atomic E-state index is 12.5. The standard InChI is InChI=1S/C16H21N3O2S2/c1-9-5-19(6-10(2)21-9)13(20)7-22-15-14-11(3)12(4)23-16(14)18-8-17-15/h8-10H,5-7H2,1-4H3/t9-,10-/m0/s1. The molecule has 7 heteroatoms. The molecule has 5 nitrogen and oxygen atoms in total. The Morgan fingerprint density at radius 1 is 1.35 bits per heavy atom. The molecule has 3 rings (SSSR count). The van der Waals surface area contributed by atoms with Crippen LogP contribution in [0.5, 0.6) is 0 Å². The lowest BCUT2D eigenvalue weighted by molar-refractivity contribution is -0.140. The lowest BCUT2D eigenvalue weighted by Crippen LogP contribution is -2.48. The molecule has 2 aromatic heterocycles. The van der Waals surface area contributed by atoms with Crippen molar-refractivity contribution in [3.63, 3.8) is 0 Å². The van der Waals surface area contributed by atoms with E-state index in [0.717, 1.165) is 15.2 Å². The lowest BCUT2D eigenvalue weighted by atomic mass is 10.2. The Hall–Kier alpha value is -1.18. The number of carbonyl (C=O) groups is 1. The van der Waals surface area contributed by atoms with E-state index in [-0.39, 0.29) is 18.1 Å². The number of carbonyl (C=O) groups excluding carboxylic acids is 1. The smallest absolute Gasteiger partial charge is 0.233 e. The van der Waals surface area contributed by atoms with Gasteiger partial charge in [0.25, 0.3) is 0 Å². The summed E-state index contributed by atoms with van der Waals surface area (Å²) in [5.74, 6) is 0.549. The monoisotopic (exact) mass is 351 g/mol. The molecule has 3 heterocycles. The minimum absolute atomic E-state index is 0.0974. The molecule has 0 saturated carbocycles. The van der Waals surface area contributed by atoms with Gasteiger partial charge in [0, 0.05) is 23.4 Å². The SMILES string of the molecule is Cc1sc2ncnc(SCC(=O)N3C[C@H](C)O[C@@H](C)C3)c2c1C. The molecule has 1 aliphatic heterocycles. The van der Waals surface area contributed by atoms with Gasteiger partial charge in [-0.25, -0.2) is 9.97 Å². The first-order valence-electron chi connectivity index (χ1n) is 7.72. The number of hydrogen-bond acceptors (Lipinski definition) is 6. The average Bonchev–Trinajstić information content (AvgIpc) is 2.79. The van der Waals surface area contributed by atoms with Crippen LogP contribution in [-0.2, 0) is 9.53 Å². The highest BCUT2D eigenvalue weighted by atomic mass is 32.2. The van der Waals surface area contributed by atoms with Crippen LogP contribution < -0.4 is 0 Å². The number of nitrogens with zero attached hydrogens (tertiary/aromatic N) is 3. The number of rotatable bonds is 3. The van der Waals surface area contributed by atoms with Crippen molar-refractivity contribution in [1.82, 2.24) is 14.9 Å². The lowest BCUT2D eigenvalue weighted by Gasteiger charge is -2.35. The number of hydrogen-bond donors (Lipinski definition) is 0. The molecule has 0 aliphatic carbocycles. The van der Waals surface area contributed by atoms with Crippen LogP contribution in [0, 0.1) is 13.8 Å². The van der Waals surface area contributed by atoms with Crippen LogP contribution >= 0.6 is 23.1 Å². The number of ether oxygens (including phenoxy) is 1. The highest BCUT2D eigenvalue weighted by Crippen LogP contribution is 2.34. The second-order valence-corrected chi connectivity index (χ2v) is 8.15. The normalized spacial score (nSPS) is 21.8. The topological polar surface area (TPSA) is 55.3 Å². The van der Waals surface area contributed by atoms with Gasteiger partial charge in [-0.05, 0) is 33.3 Å². The molecule has 1 aliphatic rings. The van der Waals surface area contributed by atoms with Gasteiger partial charge in [-0.3, -0.25) is 4.79 Å². The molecule has 0 radical (unpaired) electrons. The molecule has 0 N–H and O–H groups in total. The Balaban J connectivity index is 1.72. The first-order valence-corrected chi connectivity index (χ1v) is 9.52. The van der Waals surface area contributed by atoms with Crippen molar-refractivity contribution in [3.05, 3.63) is 16.8 Å². The number of thiophene rings is 1. The summed E-state index contributed by atoms with van der Waals surface area (Å²) in [5.41, 5.74) is 1.22. The van der Waals surface area contributed by atoms with Gasteiger partial charge in [-0.15, -0.1) is 11.3 Å². The molecule has 0 spiro atoms. The van der Waals surface area contributed by atoms with Crippen LogP contribution in [0.2, 0.25) is 0 Å². The zero-order valence-corrected chi connectivity index (χ0v) is 15.5. The number of morpholine rings is 1. The predicted octanol–water partition coefficient (Wildman–Crippen LogP) is 3.04. The Bertz CT molecular complexity index is 721. The number of thioether (sulfide) groups is 1. The molecule has 2 atom stereocenters. The van der Waals surface area contributed by atoms with Gasteiger partial charge < -0.3 is 9.64 Å². The van der Waals surface area contributed by atoms with Gasteiger partial charge in [0.05, 0.1) is 18.0 Å². The minimum Gasteiger partial charge on any atom is -0.372 e. The molecular formula is C16H21N3O2S2. The average molecular weight is 351 g/mol. The second kappa shape index (κ2) is 6.75. The largest absolute Gasteiger partial charge is 0.372 e. The Morgan fingerprint density at radius 2 is 2.04 bits per heavy atom. The summed E-state index contributed by atoms with van der Waals surface area (Å²) in [6.45, 7) is 9.54. The first-order chi connectivity index (χ1) is 11.0. The van der Waals surface area contributed by atoms with Crippen molar-refractivity contribution in [2.24, 2.45) is 0 Å². The highest BCUT2D eigenvalue weighted by molar-refractivity contribution is 8.00. The number of aromatic nitrogens is 2. The molecule has 23 heavy (non-hydrogen) atoms. The molecule has 0 aromatic carbocycles. The van der Waals surface area contributed by atoms with Gasteiger partial charge in [0.2, 0.25) is 5.91 Å². The number of aryl methyl sites for hydroxylation is 2. The van der Waals surface area contributed by atoms with Crippen LogP contribution in [0.4, 0.5) is 0 Å². The predicted molar refractivity (Wildman–Crippen MR) is 94.2 cm³/mol. The van der Waals surface area contributed by atoms with E-state index >= 15 is 0 Å². The van der Waals surface area contributed by atoms with Crippen molar-refractivity contribution in [3.8, 4) is 0 Å². The quantitative estimate of drug-likeness (QED) is 0.628. The minimum atomic E-state index is 0.0974. The fourth-order valence-corrected chi connectivity index (χ4v) is 4.88. The molecule has 2 aromatic rings. The van der Waals surface area contributed by atoms with Crippen LogP contribution in [0.15, 0.2) is 11.4 Å². The summed E-state index contributed by atoms with van der Waals surface area (Å²) in [6.07, 6.45) is 1.78. The zero-order valence-electron chi connectivity index (χ0n) is 13.8. The van der Waals surface area contributed by atoms with Crippen molar-refractivity contribution in [2.75, 3.05) is 18.8 Å². The Labute approximate surface area is 144 Å². The summed E-state index contributed by atoms with van der Waals surface area (Å²) < 4.78 is 5.69. The Morgan fingerprint density at radius 3 is 2.74 bits per heavy atom. The molecular weight excluding hydrogens is 330 g/mol. The van der Waals surface area contributed by atoms with E-state index in [2.05, 4.69) is 23.8 Å². The van der Waals surface area contributed by atoms with Crippen LogP contribution in [0.1, 0.15) is 24.3 Å². The second-order valence-electron chi connectivity index (χ2n) is 5.99. The summed E-state index contributed by atoms with van der Waals surface area (Å²) >= 11 is 3.18. The fraction of sp³-hybridized carbons (Fsp3) is 0.562. The van der Waals surface area contributed by atoms with E-state index in [0.29, 0.717) is 18.8 Å². The van der Waals surface area contributed by atoms with E-state index in [1.165, 1.54) is 22.2 Å². The van der Waals surface area contributed by atoms with Crippen molar-refractivity contribution < 1.29 is 9.53 Å². The highest BCUT2D eigenvalue weighted by Gasteiger charge is 2.26. The number of amides is 1. The third kappa shape index (κ3) is 3.51. The molecule has 124 valence electrons. The molecule has 0 unspecified atom stereocenters. The van der Waals surface area contributed by atoms with Gasteiger partial charge >= 0.3 is 0 Å². The molecule has 1 fully saturated rings. The zero-order chi connectivity index (χ0) is 16.6. The first kappa shape index (κ1) is 16.7. The summed E-state index contributed by atoms with van der Waals surface area (Å²) in [6, 6.07) is 0. The van der Waals surface area contributed by atoms with Crippen LogP contribution in [0.3, 0.4) is 0 Å². The number of fused-ring (bicyclic) bond motifs is 1. The summed E-state index contributed by atoms with van der Waals surface area (Å²) in [4.78, 5) is 25.4. The molecule has 1 saturated heterocycles. The van der Waals surface area contributed by atoms with Crippen LogP contribution in [-0.4, -0.2) is 51.8 Å². The summed E-state index contributed by atoms with van der Waals surface area (Å²) in [7, 11) is 0. The Kier molecular flexibility index (Phi) is 4.89. The van der Waals surface area contributed by atoms with E-state index in [1.807, 2.05) is 18.7 Å². The summed E-state index contributed by atoms with van der Waals surface area (Å²) in [5, 5.41) is 2.00. The van der Waals surface area contributed by atoms with E-state index in [1.54, 1.807) is 17.7 Å². The fourth-order valence-electron chi connectivity index (χ4n) is 2.86. The van der Waals surface area contributed by atoms with Gasteiger partial charge in [-0.2, -0.15) is 0 Å². The van der Waals surface area contributed by atoms with E-state index in [4.69, 9.17) is 4.74 Å². The van der Waals surface area contributed by atoms with E-state index in [9.17, 15) is 4.79 Å². The van der Waals surface area contributed by atoms with Gasteiger partial charge in [-0.1, -0.05) is 11.8 Å². The third-order valence-electron chi connectivity index (χ3n) is 4.04. The third-order valence-corrected chi connectivity index (χ3v) is 6.12. The van der Waals surface area contributed by atoms with Gasteiger partial charge in [0.1, 0.15) is 16.2 Å². The van der Waals surface area contributed by atoms with E-state index < -0.39 is 0 Å². The van der Waals surface area contributed by atoms with Gasteiger partial charge in [0.15, 0.2) is 0 Å². The maximum absolute atomic E-state index is 12.5. The maximum Gasteiger partial charge on any atom is 0.233 e. The van der Waals surface area contributed by atoms with Crippen molar-refractivity contribution in [1.29, 1.82) is 0 Å².